The molecule has 0 aliphatic heterocycles. The van der Waals surface area contributed by atoms with Crippen LogP contribution in [0, 0.1) is 0 Å². The molecule has 1 aromatic heterocycles. The Labute approximate surface area is 121 Å². The lowest BCUT2D eigenvalue weighted by atomic mass is 10.4. The number of sulfonamides is 1. The van der Waals surface area contributed by atoms with Crippen molar-refractivity contribution in [2.45, 2.75) is 24.3 Å². The van der Waals surface area contributed by atoms with E-state index in [1.165, 1.54) is 10.5 Å². The van der Waals surface area contributed by atoms with E-state index in [9.17, 15) is 8.42 Å². The van der Waals surface area contributed by atoms with Crippen LogP contribution in [0.4, 0.5) is 0 Å². The molecular formula is C12H24N4O3S. The Balaban J connectivity index is 2.62. The number of hydrogen-bond acceptors (Lipinski definition) is 5. The van der Waals surface area contributed by atoms with Gasteiger partial charge in [0, 0.05) is 40.1 Å². The number of hydrogen-bond donors (Lipinski definition) is 1. The van der Waals surface area contributed by atoms with Crippen molar-refractivity contribution in [2.24, 2.45) is 0 Å². The first kappa shape index (κ1) is 17.1. The maximum atomic E-state index is 12.3. The highest BCUT2D eigenvalue weighted by atomic mass is 32.2. The SMILES string of the molecule is CNCCCn1cc(S(=O)(=O)N(C)CCCOC)cn1. The van der Waals surface area contributed by atoms with Crippen LogP contribution in [0.1, 0.15) is 12.8 Å². The Morgan fingerprint density at radius 1 is 1.45 bits per heavy atom. The van der Waals surface area contributed by atoms with Crippen molar-refractivity contribution in [3.63, 3.8) is 0 Å². The minimum absolute atomic E-state index is 0.238. The largest absolute Gasteiger partial charge is 0.385 e. The van der Waals surface area contributed by atoms with Gasteiger partial charge in [-0.05, 0) is 26.4 Å². The molecule has 0 amide bonds. The van der Waals surface area contributed by atoms with E-state index in [1.807, 2.05) is 7.05 Å². The van der Waals surface area contributed by atoms with Crippen LogP contribution in [0.15, 0.2) is 17.3 Å². The molecule has 116 valence electrons. The molecule has 0 aliphatic rings. The first-order chi connectivity index (χ1) is 9.52. The van der Waals surface area contributed by atoms with E-state index in [4.69, 9.17) is 4.74 Å². The van der Waals surface area contributed by atoms with Crippen LogP contribution in [0.25, 0.3) is 0 Å². The van der Waals surface area contributed by atoms with Crippen molar-refractivity contribution in [3.05, 3.63) is 12.4 Å². The Morgan fingerprint density at radius 2 is 2.20 bits per heavy atom. The van der Waals surface area contributed by atoms with Crippen LogP contribution in [0.3, 0.4) is 0 Å². The zero-order chi connectivity index (χ0) is 15.0. The summed E-state index contributed by atoms with van der Waals surface area (Å²) in [7, 11) is 1.61. The lowest BCUT2D eigenvalue weighted by Crippen LogP contribution is -2.28. The fourth-order valence-electron chi connectivity index (χ4n) is 1.75. The van der Waals surface area contributed by atoms with Crippen LogP contribution >= 0.6 is 0 Å². The fourth-order valence-corrected chi connectivity index (χ4v) is 2.91. The highest BCUT2D eigenvalue weighted by Gasteiger charge is 2.22. The zero-order valence-corrected chi connectivity index (χ0v) is 13.2. The van der Waals surface area contributed by atoms with E-state index in [0.29, 0.717) is 26.1 Å². The normalized spacial score (nSPS) is 12.2. The smallest absolute Gasteiger partial charge is 0.245 e. The molecule has 0 bridgehead atoms. The summed E-state index contributed by atoms with van der Waals surface area (Å²) < 4.78 is 32.5. The predicted octanol–water partition coefficient (Wildman–Crippen LogP) is 0.150. The standard InChI is InChI=1S/C12H24N4O3S/c1-13-6-4-8-16-11-12(10-14-16)20(17,18)15(2)7-5-9-19-3/h10-11,13H,4-9H2,1-3H3. The third-order valence-corrected chi connectivity index (χ3v) is 4.76. The van der Waals surface area contributed by atoms with Gasteiger partial charge in [-0.2, -0.15) is 5.10 Å². The number of aromatic nitrogens is 2. The molecule has 0 atom stereocenters. The number of rotatable bonds is 10. The summed E-state index contributed by atoms with van der Waals surface area (Å²) in [6.45, 7) is 2.55. The highest BCUT2D eigenvalue weighted by molar-refractivity contribution is 7.89. The van der Waals surface area contributed by atoms with Gasteiger partial charge in [-0.25, -0.2) is 12.7 Å². The number of nitrogens with one attached hydrogen (secondary N) is 1. The van der Waals surface area contributed by atoms with Gasteiger partial charge in [-0.1, -0.05) is 0 Å². The van der Waals surface area contributed by atoms with Gasteiger partial charge in [0.25, 0.3) is 0 Å². The lowest BCUT2D eigenvalue weighted by molar-refractivity contribution is 0.189. The Kier molecular flexibility index (Phi) is 7.14. The summed E-state index contributed by atoms with van der Waals surface area (Å²) in [4.78, 5) is 0.238. The Bertz CT molecular complexity index is 487. The van der Waals surface area contributed by atoms with Crippen molar-refractivity contribution in [2.75, 3.05) is 40.9 Å². The second kappa shape index (κ2) is 8.35. The lowest BCUT2D eigenvalue weighted by Gasteiger charge is -2.15. The first-order valence-corrected chi connectivity index (χ1v) is 8.08. The minimum atomic E-state index is -3.45. The van der Waals surface area contributed by atoms with Crippen molar-refractivity contribution in [1.82, 2.24) is 19.4 Å². The average molecular weight is 304 g/mol. The molecule has 0 saturated carbocycles. The first-order valence-electron chi connectivity index (χ1n) is 6.64. The van der Waals surface area contributed by atoms with Gasteiger partial charge in [0.15, 0.2) is 0 Å². The van der Waals surface area contributed by atoms with Crippen molar-refractivity contribution in [3.8, 4) is 0 Å². The third-order valence-electron chi connectivity index (χ3n) is 2.95. The van der Waals surface area contributed by atoms with Crippen LogP contribution in [-0.4, -0.2) is 63.4 Å². The van der Waals surface area contributed by atoms with E-state index in [0.717, 1.165) is 13.0 Å². The number of ether oxygens (including phenoxy) is 1. The maximum absolute atomic E-state index is 12.3. The molecule has 1 rings (SSSR count). The molecule has 0 aliphatic carbocycles. The molecule has 0 saturated heterocycles. The van der Waals surface area contributed by atoms with Crippen molar-refractivity contribution < 1.29 is 13.2 Å². The number of nitrogens with zero attached hydrogens (tertiary/aromatic N) is 3. The summed E-state index contributed by atoms with van der Waals surface area (Å²) in [5, 5.41) is 7.13. The van der Waals surface area contributed by atoms with Crippen LogP contribution in [0.5, 0.6) is 0 Å². The zero-order valence-electron chi connectivity index (χ0n) is 12.4. The topological polar surface area (TPSA) is 76.5 Å². The third kappa shape index (κ3) is 4.86. The minimum Gasteiger partial charge on any atom is -0.385 e. The van der Waals surface area contributed by atoms with Crippen molar-refractivity contribution in [1.29, 1.82) is 0 Å². The van der Waals surface area contributed by atoms with E-state index in [2.05, 4.69) is 10.4 Å². The van der Waals surface area contributed by atoms with Gasteiger partial charge in [0.1, 0.15) is 4.90 Å². The van der Waals surface area contributed by atoms with Gasteiger partial charge >= 0.3 is 0 Å². The molecular weight excluding hydrogens is 280 g/mol. The van der Waals surface area contributed by atoms with Gasteiger partial charge in [0.05, 0.1) is 6.20 Å². The summed E-state index contributed by atoms with van der Waals surface area (Å²) in [6, 6.07) is 0. The van der Waals surface area contributed by atoms with E-state index < -0.39 is 10.0 Å². The Morgan fingerprint density at radius 3 is 2.85 bits per heavy atom. The second-order valence-corrected chi connectivity index (χ2v) is 6.61. The fraction of sp³-hybridized carbons (Fsp3) is 0.750. The molecule has 0 unspecified atom stereocenters. The van der Waals surface area contributed by atoms with Gasteiger partial charge in [-0.3, -0.25) is 4.68 Å². The van der Waals surface area contributed by atoms with Gasteiger partial charge < -0.3 is 10.1 Å². The molecule has 0 spiro atoms. The molecule has 1 aromatic rings. The predicted molar refractivity (Wildman–Crippen MR) is 77.1 cm³/mol. The highest BCUT2D eigenvalue weighted by Crippen LogP contribution is 2.13. The number of aryl methyl sites for hydroxylation is 1. The molecule has 20 heavy (non-hydrogen) atoms. The van der Waals surface area contributed by atoms with E-state index in [1.54, 1.807) is 25.0 Å². The molecule has 0 aromatic carbocycles. The summed E-state index contributed by atoms with van der Waals surface area (Å²) in [6.07, 6.45) is 4.56. The van der Waals surface area contributed by atoms with Gasteiger partial charge in [-0.15, -0.1) is 0 Å². The second-order valence-electron chi connectivity index (χ2n) is 4.57. The molecule has 0 fully saturated rings. The Hall–Kier alpha value is -0.960. The van der Waals surface area contributed by atoms with Crippen LogP contribution in [0.2, 0.25) is 0 Å². The van der Waals surface area contributed by atoms with Crippen LogP contribution < -0.4 is 5.32 Å². The molecule has 0 radical (unpaired) electrons. The number of methoxy groups -OCH3 is 1. The van der Waals surface area contributed by atoms with E-state index in [-0.39, 0.29) is 4.90 Å². The quantitative estimate of drug-likeness (QED) is 0.623. The molecule has 8 heteroatoms. The summed E-state index contributed by atoms with van der Waals surface area (Å²) >= 11 is 0. The maximum Gasteiger partial charge on any atom is 0.245 e. The van der Waals surface area contributed by atoms with Crippen LogP contribution in [-0.2, 0) is 21.3 Å². The molecule has 7 nitrogen and oxygen atoms in total. The average Bonchev–Trinajstić information content (AvgIpc) is 2.88. The monoisotopic (exact) mass is 304 g/mol. The van der Waals surface area contributed by atoms with Gasteiger partial charge in [0.2, 0.25) is 10.0 Å². The summed E-state index contributed by atoms with van der Waals surface area (Å²) in [5.74, 6) is 0. The van der Waals surface area contributed by atoms with Crippen molar-refractivity contribution >= 4 is 10.0 Å². The summed E-state index contributed by atoms with van der Waals surface area (Å²) in [5.41, 5.74) is 0. The van der Waals surface area contributed by atoms with E-state index >= 15 is 0 Å². The molecule has 1 N–H and O–H groups in total. The molecule has 1 heterocycles.